The molecule has 0 N–H and O–H groups in total. The minimum Gasteiger partial charge on any atom is -0.205 e. The molecule has 250 valence electrons. The molecule has 0 amide bonds. The molecule has 2 heterocycles. The van der Waals surface area contributed by atoms with Crippen molar-refractivity contribution in [1.82, 2.24) is 0 Å². The summed E-state index contributed by atoms with van der Waals surface area (Å²) in [7, 11) is 0. The fraction of sp³-hybridized carbons (Fsp3) is 0.762. The summed E-state index contributed by atoms with van der Waals surface area (Å²) < 4.78 is 4.89. The van der Waals surface area contributed by atoms with Gasteiger partial charge in [0, 0.05) is 36.1 Å². The molecule has 0 aliphatic heterocycles. The van der Waals surface area contributed by atoms with Crippen LogP contribution < -0.4 is 9.13 Å². The van der Waals surface area contributed by atoms with E-state index < -0.39 is 0 Å². The number of nitrogens with zero attached hydrogens (tertiary/aromatic N) is 2. The Morgan fingerprint density at radius 3 is 1.00 bits per heavy atom. The Labute approximate surface area is 275 Å². The predicted octanol–water partition coefficient (Wildman–Crippen LogP) is 12.4. The average molecular weight is 607 g/mol. The van der Waals surface area contributed by atoms with E-state index in [9.17, 15) is 0 Å². The van der Waals surface area contributed by atoms with Crippen LogP contribution >= 0.6 is 0 Å². The highest BCUT2D eigenvalue weighted by Gasteiger charge is 2.17. The minimum atomic E-state index is 0.758. The molecule has 2 heteroatoms. The van der Waals surface area contributed by atoms with E-state index >= 15 is 0 Å². The van der Waals surface area contributed by atoms with Crippen LogP contribution in [-0.2, 0) is 13.1 Å². The molecule has 0 saturated heterocycles. The molecule has 2 nitrogen and oxygen atoms in total. The zero-order chi connectivity index (χ0) is 31.8. The van der Waals surface area contributed by atoms with Crippen LogP contribution in [0, 0.1) is 13.8 Å². The van der Waals surface area contributed by atoms with Gasteiger partial charge in [0.05, 0.1) is 0 Å². The summed E-state index contributed by atoms with van der Waals surface area (Å²) >= 11 is 0. The normalized spacial score (nSPS) is 11.7. The SMILES string of the molecule is CCCCC(CCCC)c1cc[n+](CCCCCCCCCCCC[n+]2ccc(C(CCCC)CCCC)c(C)c2)cc1C. The smallest absolute Gasteiger partial charge is 0.171 e. The Balaban J connectivity index is 1.55. The predicted molar refractivity (Wildman–Crippen MR) is 192 cm³/mol. The number of aryl methyl sites for hydroxylation is 4. The fourth-order valence-corrected chi connectivity index (χ4v) is 7.26. The van der Waals surface area contributed by atoms with Crippen LogP contribution in [-0.4, -0.2) is 0 Å². The van der Waals surface area contributed by atoms with E-state index in [1.165, 1.54) is 165 Å². The number of hydrogen-bond acceptors (Lipinski definition) is 0. The molecule has 0 saturated carbocycles. The van der Waals surface area contributed by atoms with Crippen molar-refractivity contribution in [3.63, 3.8) is 0 Å². The van der Waals surface area contributed by atoms with Gasteiger partial charge in [-0.3, -0.25) is 0 Å². The fourth-order valence-electron chi connectivity index (χ4n) is 7.26. The van der Waals surface area contributed by atoms with E-state index in [4.69, 9.17) is 0 Å². The molecule has 0 bridgehead atoms. The summed E-state index contributed by atoms with van der Waals surface area (Å²) in [6, 6.07) is 4.89. The van der Waals surface area contributed by atoms with E-state index in [2.05, 4.69) is 87.6 Å². The van der Waals surface area contributed by atoms with Gasteiger partial charge < -0.3 is 0 Å². The van der Waals surface area contributed by atoms with Crippen molar-refractivity contribution >= 4 is 0 Å². The Morgan fingerprint density at radius 1 is 0.432 bits per heavy atom. The Morgan fingerprint density at radius 2 is 0.727 bits per heavy atom. The van der Waals surface area contributed by atoms with Gasteiger partial charge in [0.25, 0.3) is 0 Å². The minimum absolute atomic E-state index is 0.758. The first-order valence-corrected chi connectivity index (χ1v) is 19.5. The lowest BCUT2D eigenvalue weighted by molar-refractivity contribution is -0.697. The van der Waals surface area contributed by atoms with Crippen LogP contribution in [0.5, 0.6) is 0 Å². The van der Waals surface area contributed by atoms with Gasteiger partial charge in [-0.2, -0.15) is 0 Å². The third-order valence-corrected chi connectivity index (χ3v) is 10.1. The number of pyridine rings is 2. The number of rotatable bonds is 27. The first kappa shape index (κ1) is 38.5. The third kappa shape index (κ3) is 15.5. The second kappa shape index (κ2) is 24.5. The van der Waals surface area contributed by atoms with Gasteiger partial charge in [0.2, 0.25) is 0 Å². The van der Waals surface area contributed by atoms with E-state index in [0.29, 0.717) is 0 Å². The highest BCUT2D eigenvalue weighted by Crippen LogP contribution is 2.30. The van der Waals surface area contributed by atoms with Gasteiger partial charge >= 0.3 is 0 Å². The molecular formula is C42H74N2+2. The van der Waals surface area contributed by atoms with Gasteiger partial charge in [-0.15, -0.1) is 0 Å². The second-order valence-corrected chi connectivity index (χ2v) is 14.1. The van der Waals surface area contributed by atoms with Crippen molar-refractivity contribution in [3.8, 4) is 0 Å². The number of unbranched alkanes of at least 4 members (excludes halogenated alkanes) is 13. The molecule has 0 aliphatic carbocycles. The maximum atomic E-state index is 2.45. The van der Waals surface area contributed by atoms with E-state index in [1.807, 2.05) is 0 Å². The molecule has 2 rings (SSSR count). The monoisotopic (exact) mass is 607 g/mol. The molecule has 0 unspecified atom stereocenters. The summed E-state index contributed by atoms with van der Waals surface area (Å²) in [6.45, 7) is 16.3. The summed E-state index contributed by atoms with van der Waals surface area (Å²) in [5, 5.41) is 0. The highest BCUT2D eigenvalue weighted by molar-refractivity contribution is 5.25. The molecule has 0 spiro atoms. The van der Waals surface area contributed by atoms with E-state index in [1.54, 1.807) is 11.1 Å². The lowest BCUT2D eigenvalue weighted by Gasteiger charge is -2.18. The molecule has 0 aliphatic rings. The molecular weight excluding hydrogens is 532 g/mol. The van der Waals surface area contributed by atoms with Crippen molar-refractivity contribution < 1.29 is 9.13 Å². The molecule has 0 fully saturated rings. The van der Waals surface area contributed by atoms with Crippen molar-refractivity contribution in [2.24, 2.45) is 0 Å². The van der Waals surface area contributed by atoms with E-state index in [-0.39, 0.29) is 0 Å². The highest BCUT2D eigenvalue weighted by atomic mass is 14.9. The van der Waals surface area contributed by atoms with Gasteiger partial charge in [-0.1, -0.05) is 118 Å². The summed E-state index contributed by atoms with van der Waals surface area (Å²) in [4.78, 5) is 0. The van der Waals surface area contributed by atoms with Gasteiger partial charge in [-0.25, -0.2) is 9.13 Å². The van der Waals surface area contributed by atoms with Gasteiger partial charge in [0.1, 0.15) is 13.1 Å². The lowest BCUT2D eigenvalue weighted by atomic mass is 9.87. The third-order valence-electron chi connectivity index (χ3n) is 10.1. The van der Waals surface area contributed by atoms with Crippen LogP contribution in [0.3, 0.4) is 0 Å². The maximum Gasteiger partial charge on any atom is 0.171 e. The largest absolute Gasteiger partial charge is 0.205 e. The maximum absolute atomic E-state index is 2.45. The zero-order valence-electron chi connectivity index (χ0n) is 30.5. The van der Waals surface area contributed by atoms with Crippen molar-refractivity contribution in [1.29, 1.82) is 0 Å². The number of aromatic nitrogens is 2. The topological polar surface area (TPSA) is 7.76 Å². The second-order valence-electron chi connectivity index (χ2n) is 14.1. The Kier molecular flexibility index (Phi) is 21.4. The Bertz CT molecular complexity index is 884. The van der Waals surface area contributed by atoms with Crippen molar-refractivity contribution in [2.45, 2.75) is 208 Å². The lowest BCUT2D eigenvalue weighted by Crippen LogP contribution is -2.33. The van der Waals surface area contributed by atoms with Gasteiger partial charge in [-0.05, 0) is 75.3 Å². The van der Waals surface area contributed by atoms with Crippen molar-refractivity contribution in [3.05, 3.63) is 59.2 Å². The molecule has 2 aromatic rings. The van der Waals surface area contributed by atoms with Crippen LogP contribution in [0.15, 0.2) is 36.9 Å². The standard InChI is InChI=1S/C42H74N2/c1-7-11-25-39(26-12-8-2)41-29-33-43(35-37(41)5)31-23-21-19-17-15-16-18-20-22-24-32-44-34-30-42(38(6)36-44)40(27-13-9-3)28-14-10-4/h29-30,33-36,39-40H,7-28,31-32H2,1-6H3/q+2. The summed E-state index contributed by atoms with van der Waals surface area (Å²) in [5.41, 5.74) is 6.23. The zero-order valence-corrected chi connectivity index (χ0v) is 30.5. The Hall–Kier alpha value is -1.70. The quantitative estimate of drug-likeness (QED) is 0.0706. The molecule has 0 aromatic carbocycles. The molecule has 44 heavy (non-hydrogen) atoms. The van der Waals surface area contributed by atoms with Crippen LogP contribution in [0.4, 0.5) is 0 Å². The molecule has 2 aromatic heterocycles. The van der Waals surface area contributed by atoms with Crippen LogP contribution in [0.25, 0.3) is 0 Å². The molecule has 0 radical (unpaired) electrons. The average Bonchev–Trinajstić information content (AvgIpc) is 3.02. The van der Waals surface area contributed by atoms with Crippen LogP contribution in [0.2, 0.25) is 0 Å². The van der Waals surface area contributed by atoms with Gasteiger partial charge in [0.15, 0.2) is 24.8 Å². The summed E-state index contributed by atoms with van der Waals surface area (Å²) in [5.74, 6) is 1.52. The van der Waals surface area contributed by atoms with Crippen molar-refractivity contribution in [2.75, 3.05) is 0 Å². The number of hydrogen-bond donors (Lipinski definition) is 0. The van der Waals surface area contributed by atoms with Crippen LogP contribution in [0.1, 0.15) is 203 Å². The summed E-state index contributed by atoms with van der Waals surface area (Å²) in [6.07, 6.45) is 39.5. The molecule has 0 atom stereocenters. The first-order valence-electron chi connectivity index (χ1n) is 19.5. The first-order chi connectivity index (χ1) is 21.5. The van der Waals surface area contributed by atoms with E-state index in [0.717, 1.165) is 11.8 Å².